The Bertz CT molecular complexity index is 273. The monoisotopic (exact) mass is 251 g/mol. The third kappa shape index (κ3) is 2.32. The van der Waals surface area contributed by atoms with E-state index in [0.717, 1.165) is 0 Å². The minimum atomic E-state index is -4.11. The van der Waals surface area contributed by atoms with E-state index in [2.05, 4.69) is 6.92 Å². The smallest absolute Gasteiger partial charge is 0.375 e. The van der Waals surface area contributed by atoms with Crippen LogP contribution in [0.4, 0.5) is 13.2 Å². The van der Waals surface area contributed by atoms with Crippen molar-refractivity contribution in [1.29, 1.82) is 0 Å². The van der Waals surface area contributed by atoms with Crippen LogP contribution in [0.1, 0.15) is 26.7 Å². The van der Waals surface area contributed by atoms with Gasteiger partial charge in [0.25, 0.3) is 0 Å². The van der Waals surface area contributed by atoms with Crippen LogP contribution in [-0.4, -0.2) is 24.9 Å². The third-order valence-electron chi connectivity index (χ3n) is 4.58. The molecule has 2 N–H and O–H groups in total. The summed E-state index contributed by atoms with van der Waals surface area (Å²) >= 11 is 0. The Morgan fingerprint density at radius 1 is 1.24 bits per heavy atom. The second-order valence-electron chi connectivity index (χ2n) is 5.52. The maximum absolute atomic E-state index is 12.8. The summed E-state index contributed by atoms with van der Waals surface area (Å²) in [4.78, 5) is 0. The zero-order chi connectivity index (χ0) is 12.8. The molecule has 2 fully saturated rings. The van der Waals surface area contributed by atoms with Gasteiger partial charge >= 0.3 is 6.18 Å². The van der Waals surface area contributed by atoms with Gasteiger partial charge in [-0.05, 0) is 44.1 Å². The molecule has 1 aliphatic carbocycles. The van der Waals surface area contributed by atoms with Crippen molar-refractivity contribution in [3.05, 3.63) is 0 Å². The first-order chi connectivity index (χ1) is 7.84. The Morgan fingerprint density at radius 3 is 2.41 bits per heavy atom. The van der Waals surface area contributed by atoms with E-state index in [4.69, 9.17) is 10.5 Å². The Kier molecular flexibility index (Phi) is 3.42. The third-order valence-corrected chi connectivity index (χ3v) is 4.58. The molecule has 0 amide bonds. The number of rotatable bonds is 1. The Balaban J connectivity index is 2.16. The molecule has 6 atom stereocenters. The SMILES string of the molecule is C[C@H]1[C@H]2[C@@H](CN)C[C@@H](C(F)(F)F)C[C@H]2O[C@H]1C. The number of hydrogen-bond acceptors (Lipinski definition) is 2. The normalized spacial score (nSPS) is 46.9. The molecule has 100 valence electrons. The van der Waals surface area contributed by atoms with Gasteiger partial charge in [0.1, 0.15) is 0 Å². The fourth-order valence-electron chi connectivity index (χ4n) is 3.51. The molecule has 1 heterocycles. The molecule has 2 aliphatic rings. The van der Waals surface area contributed by atoms with Crippen LogP contribution in [0.5, 0.6) is 0 Å². The summed E-state index contributed by atoms with van der Waals surface area (Å²) in [6, 6.07) is 0. The molecule has 5 heteroatoms. The molecule has 0 aromatic rings. The number of ether oxygens (including phenoxy) is 1. The van der Waals surface area contributed by atoms with Crippen molar-refractivity contribution in [1.82, 2.24) is 0 Å². The largest absolute Gasteiger partial charge is 0.391 e. The van der Waals surface area contributed by atoms with Gasteiger partial charge in [-0.15, -0.1) is 0 Å². The van der Waals surface area contributed by atoms with Crippen LogP contribution >= 0.6 is 0 Å². The van der Waals surface area contributed by atoms with Gasteiger partial charge in [0.05, 0.1) is 18.1 Å². The van der Waals surface area contributed by atoms with E-state index in [1.54, 1.807) is 0 Å². The molecular formula is C12H20F3NO. The van der Waals surface area contributed by atoms with E-state index in [1.165, 1.54) is 0 Å². The molecule has 0 radical (unpaired) electrons. The van der Waals surface area contributed by atoms with Crippen LogP contribution in [0.15, 0.2) is 0 Å². The van der Waals surface area contributed by atoms with Gasteiger partial charge in [-0.3, -0.25) is 0 Å². The highest BCUT2D eigenvalue weighted by Crippen LogP contribution is 2.49. The number of halogens is 3. The summed E-state index contributed by atoms with van der Waals surface area (Å²) in [7, 11) is 0. The number of hydrogen-bond donors (Lipinski definition) is 1. The first kappa shape index (κ1) is 13.1. The average Bonchev–Trinajstić information content (AvgIpc) is 2.52. The first-order valence-corrected chi connectivity index (χ1v) is 6.26. The predicted molar refractivity (Wildman–Crippen MR) is 58.3 cm³/mol. The Morgan fingerprint density at radius 2 is 1.88 bits per heavy atom. The summed E-state index contributed by atoms with van der Waals surface area (Å²) in [5.74, 6) is -0.786. The highest BCUT2D eigenvalue weighted by atomic mass is 19.4. The maximum Gasteiger partial charge on any atom is 0.391 e. The second kappa shape index (κ2) is 4.43. The van der Waals surface area contributed by atoms with Gasteiger partial charge in [0.15, 0.2) is 0 Å². The van der Waals surface area contributed by atoms with E-state index < -0.39 is 12.1 Å². The van der Waals surface area contributed by atoms with Crippen LogP contribution in [0.25, 0.3) is 0 Å². The molecule has 2 nitrogen and oxygen atoms in total. The lowest BCUT2D eigenvalue weighted by Crippen LogP contribution is -2.43. The minimum absolute atomic E-state index is 0.0473. The lowest BCUT2D eigenvalue weighted by molar-refractivity contribution is -0.199. The zero-order valence-corrected chi connectivity index (χ0v) is 10.2. The van der Waals surface area contributed by atoms with Crippen LogP contribution in [0, 0.1) is 23.7 Å². The van der Waals surface area contributed by atoms with Crippen molar-refractivity contribution in [2.75, 3.05) is 6.54 Å². The highest BCUT2D eigenvalue weighted by Gasteiger charge is 2.53. The fraction of sp³-hybridized carbons (Fsp3) is 1.00. The van der Waals surface area contributed by atoms with E-state index in [0.29, 0.717) is 12.5 Å². The van der Waals surface area contributed by atoms with Gasteiger partial charge in [0, 0.05) is 0 Å². The summed E-state index contributed by atoms with van der Waals surface area (Å²) in [6.07, 6.45) is -4.04. The first-order valence-electron chi connectivity index (χ1n) is 6.26. The molecule has 1 saturated heterocycles. The van der Waals surface area contributed by atoms with Crippen molar-refractivity contribution in [2.24, 2.45) is 29.4 Å². The van der Waals surface area contributed by atoms with Gasteiger partial charge < -0.3 is 10.5 Å². The molecule has 0 unspecified atom stereocenters. The standard InChI is InChI=1S/C12H20F3NO/c1-6-7(2)17-10-4-9(12(13,14)15)3-8(5-16)11(6)10/h6-11H,3-5,16H2,1-2H3/t6-,7+,8-,9-,10-,11+/m1/s1. The molecule has 17 heavy (non-hydrogen) atoms. The fourth-order valence-corrected chi connectivity index (χ4v) is 3.51. The Hall–Kier alpha value is -0.290. The van der Waals surface area contributed by atoms with Crippen LogP contribution in [0.2, 0.25) is 0 Å². The topological polar surface area (TPSA) is 35.2 Å². The molecule has 1 saturated carbocycles. The van der Waals surface area contributed by atoms with Crippen molar-refractivity contribution in [3.8, 4) is 0 Å². The van der Waals surface area contributed by atoms with Gasteiger partial charge in [-0.1, -0.05) is 6.92 Å². The second-order valence-corrected chi connectivity index (χ2v) is 5.52. The predicted octanol–water partition coefficient (Wildman–Crippen LogP) is 2.57. The summed E-state index contributed by atoms with van der Waals surface area (Å²) in [5, 5.41) is 0. The average molecular weight is 251 g/mol. The zero-order valence-electron chi connectivity index (χ0n) is 10.2. The minimum Gasteiger partial charge on any atom is -0.375 e. The molecule has 0 spiro atoms. The lowest BCUT2D eigenvalue weighted by atomic mass is 9.68. The van der Waals surface area contributed by atoms with Gasteiger partial charge in [0.2, 0.25) is 0 Å². The van der Waals surface area contributed by atoms with Crippen molar-refractivity contribution in [2.45, 2.75) is 45.1 Å². The number of alkyl halides is 3. The van der Waals surface area contributed by atoms with Crippen LogP contribution in [-0.2, 0) is 4.74 Å². The number of fused-ring (bicyclic) bond motifs is 1. The van der Waals surface area contributed by atoms with Gasteiger partial charge in [-0.25, -0.2) is 0 Å². The molecule has 0 aromatic heterocycles. The molecule has 0 bridgehead atoms. The summed E-state index contributed by atoms with van der Waals surface area (Å²) in [6.45, 7) is 4.33. The van der Waals surface area contributed by atoms with Crippen molar-refractivity contribution in [3.63, 3.8) is 0 Å². The van der Waals surface area contributed by atoms with Crippen LogP contribution in [0.3, 0.4) is 0 Å². The summed E-state index contributed by atoms with van der Waals surface area (Å²) < 4.78 is 44.1. The van der Waals surface area contributed by atoms with Crippen molar-refractivity contribution < 1.29 is 17.9 Å². The van der Waals surface area contributed by atoms with E-state index in [1.807, 2.05) is 6.92 Å². The number of nitrogens with two attached hydrogens (primary N) is 1. The quantitative estimate of drug-likeness (QED) is 0.777. The lowest BCUT2D eigenvalue weighted by Gasteiger charge is -2.39. The molecule has 0 aromatic carbocycles. The highest BCUT2D eigenvalue weighted by molar-refractivity contribution is 4.97. The molecule has 2 rings (SSSR count). The van der Waals surface area contributed by atoms with E-state index >= 15 is 0 Å². The van der Waals surface area contributed by atoms with E-state index in [9.17, 15) is 13.2 Å². The van der Waals surface area contributed by atoms with Gasteiger partial charge in [-0.2, -0.15) is 13.2 Å². The van der Waals surface area contributed by atoms with Crippen molar-refractivity contribution >= 4 is 0 Å². The van der Waals surface area contributed by atoms with Crippen LogP contribution < -0.4 is 5.73 Å². The summed E-state index contributed by atoms with van der Waals surface area (Å²) in [5.41, 5.74) is 5.65. The van der Waals surface area contributed by atoms with E-state index in [-0.39, 0.29) is 36.9 Å². The maximum atomic E-state index is 12.8. The molecular weight excluding hydrogens is 231 g/mol. The Labute approximate surface area is 99.7 Å². The molecule has 1 aliphatic heterocycles.